The highest BCUT2D eigenvalue weighted by Crippen LogP contribution is 2.25. The molecule has 2 rings (SSSR count). The van der Waals surface area contributed by atoms with Crippen LogP contribution < -0.4 is 4.74 Å². The van der Waals surface area contributed by atoms with Gasteiger partial charge in [0.15, 0.2) is 17.3 Å². The summed E-state index contributed by atoms with van der Waals surface area (Å²) in [6.45, 7) is 5.39. The zero-order chi connectivity index (χ0) is 14.9. The molecule has 0 N–H and O–H groups in total. The molecule has 20 heavy (non-hydrogen) atoms. The van der Waals surface area contributed by atoms with Gasteiger partial charge in [0.2, 0.25) is 0 Å². The van der Waals surface area contributed by atoms with Crippen LogP contribution in [0.1, 0.15) is 33.0 Å². The number of aryl methyl sites for hydroxylation is 2. The van der Waals surface area contributed by atoms with Crippen LogP contribution in [0.15, 0.2) is 22.6 Å². The summed E-state index contributed by atoms with van der Waals surface area (Å²) in [7, 11) is 1.40. The van der Waals surface area contributed by atoms with Gasteiger partial charge in [0, 0.05) is 12.0 Å². The van der Waals surface area contributed by atoms with E-state index in [1.54, 1.807) is 19.1 Å². The molecule has 0 bridgehead atoms. The lowest BCUT2D eigenvalue weighted by molar-refractivity contribution is 0.0990. The first-order chi connectivity index (χ1) is 9.45. The highest BCUT2D eigenvalue weighted by molar-refractivity contribution is 6.00. The topological polar surface area (TPSA) is 39.4 Å². The van der Waals surface area contributed by atoms with E-state index < -0.39 is 5.82 Å². The average Bonchev–Trinajstić information content (AvgIpc) is 2.65. The molecule has 0 saturated carbocycles. The summed E-state index contributed by atoms with van der Waals surface area (Å²) < 4.78 is 24.4. The number of ketones is 1. The van der Waals surface area contributed by atoms with Crippen molar-refractivity contribution in [2.75, 3.05) is 7.11 Å². The van der Waals surface area contributed by atoms with Crippen molar-refractivity contribution in [3.8, 4) is 5.75 Å². The molecule has 0 amide bonds. The minimum absolute atomic E-state index is 0.0102. The summed E-state index contributed by atoms with van der Waals surface area (Å²) in [6, 6.07) is 4.79. The summed E-state index contributed by atoms with van der Waals surface area (Å²) in [5.41, 5.74) is 1.69. The monoisotopic (exact) mass is 276 g/mol. The number of Topliss-reactive ketones (excluding diaryl/α,β-unsaturated/α-hetero) is 1. The zero-order valence-corrected chi connectivity index (χ0v) is 12.0. The van der Waals surface area contributed by atoms with E-state index in [0.29, 0.717) is 16.9 Å². The number of benzene rings is 1. The van der Waals surface area contributed by atoms with Crippen LogP contribution in [0.3, 0.4) is 0 Å². The van der Waals surface area contributed by atoms with Crippen LogP contribution in [-0.2, 0) is 6.42 Å². The van der Waals surface area contributed by atoms with Crippen LogP contribution in [0.25, 0.3) is 0 Å². The average molecular weight is 276 g/mol. The van der Waals surface area contributed by atoms with Gasteiger partial charge in [0.1, 0.15) is 11.5 Å². The van der Waals surface area contributed by atoms with Gasteiger partial charge in [0.05, 0.1) is 12.7 Å². The van der Waals surface area contributed by atoms with E-state index in [0.717, 1.165) is 11.3 Å². The second kappa shape index (κ2) is 5.49. The van der Waals surface area contributed by atoms with Gasteiger partial charge in [0.25, 0.3) is 0 Å². The number of methoxy groups -OCH3 is 1. The normalized spacial score (nSPS) is 10.7. The Morgan fingerprint density at radius 3 is 2.50 bits per heavy atom. The number of halogens is 1. The Bertz CT molecular complexity index is 656. The molecule has 0 spiro atoms. The van der Waals surface area contributed by atoms with Crippen LogP contribution in [0.4, 0.5) is 4.39 Å². The van der Waals surface area contributed by atoms with Crippen LogP contribution >= 0.6 is 0 Å². The Labute approximate surface area is 117 Å². The SMILES string of the molecule is COc1cccc(CC(=O)c2c(C)oc(C)c2C)c1F. The predicted octanol–water partition coefficient (Wildman–Crippen LogP) is 3.78. The fourth-order valence-corrected chi connectivity index (χ4v) is 2.31. The maximum absolute atomic E-state index is 14.1. The molecule has 1 aromatic carbocycles. The molecular formula is C16H17FO3. The van der Waals surface area contributed by atoms with Gasteiger partial charge in [-0.15, -0.1) is 0 Å². The Morgan fingerprint density at radius 1 is 1.25 bits per heavy atom. The van der Waals surface area contributed by atoms with Crippen LogP contribution in [0, 0.1) is 26.6 Å². The van der Waals surface area contributed by atoms with Gasteiger partial charge in [-0.05, 0) is 32.4 Å². The highest BCUT2D eigenvalue weighted by atomic mass is 19.1. The summed E-state index contributed by atoms with van der Waals surface area (Å²) in [5, 5.41) is 0. The fourth-order valence-electron chi connectivity index (χ4n) is 2.31. The molecule has 0 atom stereocenters. The molecule has 4 heteroatoms. The third-order valence-electron chi connectivity index (χ3n) is 3.45. The molecule has 1 heterocycles. The molecule has 3 nitrogen and oxygen atoms in total. The Kier molecular flexibility index (Phi) is 3.93. The quantitative estimate of drug-likeness (QED) is 0.798. The maximum Gasteiger partial charge on any atom is 0.171 e. The summed E-state index contributed by atoms with van der Waals surface area (Å²) in [6.07, 6.45) is -0.0102. The summed E-state index contributed by atoms with van der Waals surface area (Å²) in [5.74, 6) is 0.806. The molecule has 2 aromatic rings. The van der Waals surface area contributed by atoms with Gasteiger partial charge in [-0.1, -0.05) is 12.1 Å². The molecular weight excluding hydrogens is 259 g/mol. The highest BCUT2D eigenvalue weighted by Gasteiger charge is 2.20. The molecule has 0 aliphatic rings. The van der Waals surface area contributed by atoms with Crippen molar-refractivity contribution < 1.29 is 18.3 Å². The maximum atomic E-state index is 14.1. The predicted molar refractivity (Wildman–Crippen MR) is 73.9 cm³/mol. The molecule has 0 radical (unpaired) electrons. The molecule has 0 fully saturated rings. The molecule has 0 saturated heterocycles. The van der Waals surface area contributed by atoms with Crippen molar-refractivity contribution in [2.45, 2.75) is 27.2 Å². The van der Waals surface area contributed by atoms with E-state index >= 15 is 0 Å². The minimum Gasteiger partial charge on any atom is -0.494 e. The Morgan fingerprint density at radius 2 is 1.95 bits per heavy atom. The number of carbonyl (C=O) groups is 1. The van der Waals surface area contributed by atoms with E-state index in [2.05, 4.69) is 0 Å². The zero-order valence-electron chi connectivity index (χ0n) is 12.0. The van der Waals surface area contributed by atoms with Gasteiger partial charge >= 0.3 is 0 Å². The first-order valence-electron chi connectivity index (χ1n) is 6.36. The lowest BCUT2D eigenvalue weighted by Gasteiger charge is -2.07. The minimum atomic E-state index is -0.487. The lowest BCUT2D eigenvalue weighted by Crippen LogP contribution is -2.07. The number of hydrogen-bond acceptors (Lipinski definition) is 3. The van der Waals surface area contributed by atoms with E-state index in [-0.39, 0.29) is 18.0 Å². The van der Waals surface area contributed by atoms with Gasteiger partial charge in [-0.3, -0.25) is 4.79 Å². The molecule has 0 aliphatic heterocycles. The lowest BCUT2D eigenvalue weighted by atomic mass is 9.99. The second-order valence-electron chi connectivity index (χ2n) is 4.75. The van der Waals surface area contributed by atoms with Gasteiger partial charge in [-0.2, -0.15) is 0 Å². The third kappa shape index (κ3) is 2.46. The first kappa shape index (κ1) is 14.3. The van der Waals surface area contributed by atoms with Gasteiger partial charge in [-0.25, -0.2) is 4.39 Å². The molecule has 106 valence electrons. The smallest absolute Gasteiger partial charge is 0.171 e. The number of hydrogen-bond donors (Lipinski definition) is 0. The Hall–Kier alpha value is -2.10. The van der Waals surface area contributed by atoms with Crippen molar-refractivity contribution >= 4 is 5.78 Å². The summed E-state index contributed by atoms with van der Waals surface area (Å²) in [4.78, 5) is 12.4. The van der Waals surface area contributed by atoms with Crippen LogP contribution in [0.2, 0.25) is 0 Å². The van der Waals surface area contributed by atoms with E-state index in [9.17, 15) is 9.18 Å². The van der Waals surface area contributed by atoms with Gasteiger partial charge < -0.3 is 9.15 Å². The van der Waals surface area contributed by atoms with E-state index in [1.807, 2.05) is 13.8 Å². The van der Waals surface area contributed by atoms with Crippen molar-refractivity contribution in [1.82, 2.24) is 0 Å². The molecule has 0 unspecified atom stereocenters. The second-order valence-corrected chi connectivity index (χ2v) is 4.75. The van der Waals surface area contributed by atoms with E-state index in [4.69, 9.17) is 9.15 Å². The first-order valence-corrected chi connectivity index (χ1v) is 6.36. The number of ether oxygens (including phenoxy) is 1. The van der Waals surface area contributed by atoms with Crippen molar-refractivity contribution in [3.63, 3.8) is 0 Å². The van der Waals surface area contributed by atoms with Crippen molar-refractivity contribution in [1.29, 1.82) is 0 Å². The third-order valence-corrected chi connectivity index (χ3v) is 3.45. The largest absolute Gasteiger partial charge is 0.494 e. The molecule has 1 aromatic heterocycles. The van der Waals surface area contributed by atoms with E-state index in [1.165, 1.54) is 13.2 Å². The number of rotatable bonds is 4. The summed E-state index contributed by atoms with van der Waals surface area (Å²) >= 11 is 0. The van der Waals surface area contributed by atoms with Crippen LogP contribution in [0.5, 0.6) is 5.75 Å². The fraction of sp³-hybridized carbons (Fsp3) is 0.312. The number of furan rings is 1. The van der Waals surface area contributed by atoms with Crippen molar-refractivity contribution in [2.24, 2.45) is 0 Å². The Balaban J connectivity index is 2.33. The van der Waals surface area contributed by atoms with Crippen LogP contribution in [-0.4, -0.2) is 12.9 Å². The standard InChI is InChI=1S/C16H17FO3/c1-9-10(2)20-11(3)15(9)13(18)8-12-6-5-7-14(19-4)16(12)17/h5-7H,8H2,1-4H3. The number of carbonyl (C=O) groups excluding carboxylic acids is 1. The molecule has 0 aliphatic carbocycles. The van der Waals surface area contributed by atoms with Crippen molar-refractivity contribution in [3.05, 3.63) is 52.2 Å².